The van der Waals surface area contributed by atoms with E-state index in [0.29, 0.717) is 35.0 Å². The number of carbonyl (C=O) groups is 1. The largest absolute Gasteiger partial charge is 0.493 e. The second-order valence-corrected chi connectivity index (χ2v) is 10.7. The van der Waals surface area contributed by atoms with Crippen LogP contribution in [0.15, 0.2) is 120 Å². The Balaban J connectivity index is 1.24. The molecule has 246 valence electrons. The summed E-state index contributed by atoms with van der Waals surface area (Å²) in [6.45, 7) is 2.23. The molecule has 49 heavy (non-hydrogen) atoms. The molecular weight excluding hydrogens is 630 g/mol. The Morgan fingerprint density at radius 2 is 1.65 bits per heavy atom. The van der Waals surface area contributed by atoms with Crippen molar-refractivity contribution in [3.63, 3.8) is 0 Å². The summed E-state index contributed by atoms with van der Waals surface area (Å²) in [5.74, 6) is -1.26. The van der Waals surface area contributed by atoms with Gasteiger partial charge in [-0.3, -0.25) is 14.2 Å². The van der Waals surface area contributed by atoms with Crippen LogP contribution in [-0.2, 0) is 6.61 Å². The van der Waals surface area contributed by atoms with Crippen LogP contribution >= 0.6 is 0 Å². The molecule has 0 unspecified atom stereocenters. The molecule has 0 saturated heterocycles. The fourth-order valence-electron chi connectivity index (χ4n) is 5.05. The molecule has 0 fully saturated rings. The van der Waals surface area contributed by atoms with Crippen LogP contribution in [0.25, 0.3) is 16.9 Å². The Labute approximate surface area is 279 Å². The van der Waals surface area contributed by atoms with Gasteiger partial charge in [-0.15, -0.1) is 0 Å². The van der Waals surface area contributed by atoms with Crippen LogP contribution < -0.4 is 31.4 Å². The number of hydrogen-bond acceptors (Lipinski definition) is 8. The number of pyridine rings is 1. The zero-order chi connectivity index (χ0) is 34.3. The molecule has 4 aromatic carbocycles. The number of ether oxygens (including phenoxy) is 2. The first kappa shape index (κ1) is 32.4. The molecule has 0 saturated carbocycles. The zero-order valence-corrected chi connectivity index (χ0v) is 26.2. The van der Waals surface area contributed by atoms with Crippen LogP contribution in [0.5, 0.6) is 11.5 Å². The molecule has 0 aliphatic rings. The summed E-state index contributed by atoms with van der Waals surface area (Å²) < 4.78 is 41.8. The minimum absolute atomic E-state index is 0.0552. The summed E-state index contributed by atoms with van der Waals surface area (Å²) in [5.41, 5.74) is 8.09. The Kier molecular flexibility index (Phi) is 9.56. The van der Waals surface area contributed by atoms with Gasteiger partial charge < -0.3 is 25.8 Å². The smallest absolute Gasteiger partial charge is 0.271 e. The highest BCUT2D eigenvalue weighted by Gasteiger charge is 2.21. The molecule has 2 aromatic heterocycles. The number of nitrogen functional groups attached to an aromatic ring is 1. The number of nitrogens with two attached hydrogens (primary N) is 1. The van der Waals surface area contributed by atoms with Crippen LogP contribution in [0.4, 0.5) is 31.8 Å². The summed E-state index contributed by atoms with van der Waals surface area (Å²) in [5, 5.41) is 5.64. The molecule has 1 amide bonds. The van der Waals surface area contributed by atoms with E-state index in [-0.39, 0.29) is 35.2 Å². The number of carbonyl (C=O) groups excluding carboxylic acids is 1. The van der Waals surface area contributed by atoms with Crippen molar-refractivity contribution in [2.45, 2.75) is 13.5 Å². The Hall–Kier alpha value is -6.56. The molecule has 2 heterocycles. The third kappa shape index (κ3) is 7.54. The fraction of sp³-hybridized carbons (Fsp3) is 0.0811. The Morgan fingerprint density at radius 1 is 0.878 bits per heavy atom. The summed E-state index contributed by atoms with van der Waals surface area (Å²) in [6.07, 6.45) is 2.97. The molecule has 0 radical (unpaired) electrons. The quantitative estimate of drug-likeness (QED) is 0.134. The van der Waals surface area contributed by atoms with E-state index in [1.54, 1.807) is 31.2 Å². The van der Waals surface area contributed by atoms with Gasteiger partial charge in [0, 0.05) is 35.0 Å². The van der Waals surface area contributed by atoms with Crippen LogP contribution in [-0.4, -0.2) is 27.0 Å². The van der Waals surface area contributed by atoms with E-state index in [0.717, 1.165) is 11.6 Å². The lowest BCUT2D eigenvalue weighted by Gasteiger charge is -2.15. The molecule has 0 bridgehead atoms. The number of rotatable bonds is 11. The minimum Gasteiger partial charge on any atom is -0.493 e. The van der Waals surface area contributed by atoms with Gasteiger partial charge in [0.2, 0.25) is 5.95 Å². The summed E-state index contributed by atoms with van der Waals surface area (Å²) in [4.78, 5) is 35.1. The van der Waals surface area contributed by atoms with Crippen molar-refractivity contribution in [2.75, 3.05) is 23.0 Å². The molecule has 6 aromatic rings. The maximum absolute atomic E-state index is 15.5. The van der Waals surface area contributed by atoms with Gasteiger partial charge in [0.15, 0.2) is 0 Å². The number of aromatic nitrogens is 3. The first-order valence-corrected chi connectivity index (χ1v) is 15.2. The number of halogens is 2. The van der Waals surface area contributed by atoms with Gasteiger partial charge in [-0.25, -0.2) is 18.7 Å². The van der Waals surface area contributed by atoms with Crippen molar-refractivity contribution in [2.24, 2.45) is 0 Å². The number of hydrogen-bond donors (Lipinski definition) is 3. The fourth-order valence-corrected chi connectivity index (χ4v) is 5.05. The van der Waals surface area contributed by atoms with Gasteiger partial charge in [0.1, 0.15) is 35.3 Å². The van der Waals surface area contributed by atoms with Gasteiger partial charge in [-0.2, -0.15) is 0 Å². The van der Waals surface area contributed by atoms with Crippen molar-refractivity contribution in [1.82, 2.24) is 14.5 Å². The second-order valence-electron chi connectivity index (χ2n) is 10.7. The Morgan fingerprint density at radius 3 is 2.39 bits per heavy atom. The number of benzene rings is 4. The lowest BCUT2D eigenvalue weighted by atomic mass is 10.1. The van der Waals surface area contributed by atoms with Gasteiger partial charge >= 0.3 is 0 Å². The van der Waals surface area contributed by atoms with Crippen molar-refractivity contribution in [3.05, 3.63) is 149 Å². The zero-order valence-electron chi connectivity index (χ0n) is 26.2. The van der Waals surface area contributed by atoms with Gasteiger partial charge in [0.25, 0.3) is 11.5 Å². The molecule has 6 rings (SSSR count). The molecular formula is C37H30F2N6O4. The monoisotopic (exact) mass is 660 g/mol. The van der Waals surface area contributed by atoms with Gasteiger partial charge in [-0.1, -0.05) is 30.3 Å². The van der Waals surface area contributed by atoms with E-state index in [1.165, 1.54) is 59.4 Å². The summed E-state index contributed by atoms with van der Waals surface area (Å²) >= 11 is 0. The number of anilines is 4. The molecule has 10 nitrogen and oxygen atoms in total. The molecule has 0 spiro atoms. The second kappa shape index (κ2) is 14.5. The van der Waals surface area contributed by atoms with E-state index in [1.807, 2.05) is 30.3 Å². The van der Waals surface area contributed by atoms with E-state index in [4.69, 9.17) is 15.2 Å². The first-order chi connectivity index (χ1) is 23.8. The first-order valence-electron chi connectivity index (χ1n) is 15.2. The van der Waals surface area contributed by atoms with Crippen molar-refractivity contribution >= 4 is 28.9 Å². The lowest BCUT2D eigenvalue weighted by Crippen LogP contribution is -2.29. The lowest BCUT2D eigenvalue weighted by molar-refractivity contribution is 0.102. The topological polar surface area (TPSA) is 133 Å². The highest BCUT2D eigenvalue weighted by molar-refractivity contribution is 6.06. The molecule has 12 heteroatoms. The number of nitrogens with one attached hydrogen (secondary N) is 2. The van der Waals surface area contributed by atoms with Crippen LogP contribution in [0.3, 0.4) is 0 Å². The van der Waals surface area contributed by atoms with E-state index < -0.39 is 23.1 Å². The van der Waals surface area contributed by atoms with Crippen LogP contribution in [0.2, 0.25) is 0 Å². The highest BCUT2D eigenvalue weighted by atomic mass is 19.1. The SMILES string of the molecule is CCOc1ccn(-c2ccc(F)cc2)c(=O)c1C(=O)Nc1ccc(Nc2ccc(OCc3ccccc3)c(-c3ccnc(N)n3)c2)c(F)c1. The maximum atomic E-state index is 15.5. The van der Waals surface area contributed by atoms with Crippen molar-refractivity contribution in [1.29, 1.82) is 0 Å². The summed E-state index contributed by atoms with van der Waals surface area (Å²) in [6, 6.07) is 27.4. The Bertz CT molecular complexity index is 2180. The number of amides is 1. The molecule has 0 atom stereocenters. The predicted octanol–water partition coefficient (Wildman–Crippen LogP) is 7.13. The molecule has 0 aliphatic heterocycles. The highest BCUT2D eigenvalue weighted by Crippen LogP contribution is 2.34. The average molecular weight is 661 g/mol. The maximum Gasteiger partial charge on any atom is 0.271 e. The van der Waals surface area contributed by atoms with Crippen LogP contribution in [0.1, 0.15) is 22.8 Å². The third-order valence-corrected chi connectivity index (χ3v) is 7.36. The minimum atomic E-state index is -0.801. The standard InChI is InChI=1S/C37H30F2N6O4/c1-2-48-33-17-19-45(27-12-8-24(38)9-13-27)36(47)34(33)35(46)43-26-10-14-31(29(39)21-26)42-25-11-15-32(49-22-23-6-4-3-5-7-23)28(20-25)30-16-18-41-37(40)44-30/h3-21,42H,2,22H2,1H3,(H,43,46)(H2,40,41,44). The predicted molar refractivity (Wildman–Crippen MR) is 183 cm³/mol. The van der Waals surface area contributed by atoms with Crippen molar-refractivity contribution < 1.29 is 23.0 Å². The van der Waals surface area contributed by atoms with E-state index in [2.05, 4.69) is 20.6 Å². The number of nitrogens with zero attached hydrogens (tertiary/aromatic N) is 3. The summed E-state index contributed by atoms with van der Waals surface area (Å²) in [7, 11) is 0. The van der Waals surface area contributed by atoms with E-state index in [9.17, 15) is 14.0 Å². The van der Waals surface area contributed by atoms with Crippen molar-refractivity contribution in [3.8, 4) is 28.4 Å². The van der Waals surface area contributed by atoms with Gasteiger partial charge in [-0.05, 0) is 85.3 Å². The third-order valence-electron chi connectivity index (χ3n) is 7.36. The van der Waals surface area contributed by atoms with Gasteiger partial charge in [0.05, 0.1) is 18.0 Å². The molecule has 0 aliphatic carbocycles. The average Bonchev–Trinajstić information content (AvgIpc) is 3.10. The van der Waals surface area contributed by atoms with E-state index >= 15 is 4.39 Å². The van der Waals surface area contributed by atoms with Crippen LogP contribution in [0, 0.1) is 11.6 Å². The normalized spacial score (nSPS) is 10.8. The molecule has 4 N–H and O–H groups in total.